The molecule has 0 saturated carbocycles. The van der Waals surface area contributed by atoms with Crippen molar-refractivity contribution < 1.29 is 18.0 Å². The zero-order valence-corrected chi connectivity index (χ0v) is 16.1. The average molecular weight is 386 g/mol. The molecule has 2 rings (SSSR count). The van der Waals surface area contributed by atoms with Gasteiger partial charge in [-0.3, -0.25) is 9.69 Å². The Morgan fingerprint density at radius 3 is 2.33 bits per heavy atom. The number of amides is 1. The van der Waals surface area contributed by atoms with Crippen molar-refractivity contribution in [1.29, 1.82) is 0 Å². The molecule has 0 aliphatic carbocycles. The Morgan fingerprint density at radius 1 is 1.22 bits per heavy atom. The summed E-state index contributed by atoms with van der Waals surface area (Å²) in [5.41, 5.74) is 1.33. The van der Waals surface area contributed by atoms with E-state index in [1.54, 1.807) is 12.1 Å². The number of anilines is 1. The highest BCUT2D eigenvalue weighted by atomic mass is 19.4. The number of carbonyl (C=O) groups is 1. The third-order valence-electron chi connectivity index (χ3n) is 4.64. The molecule has 1 aliphatic rings. The van der Waals surface area contributed by atoms with Crippen LogP contribution in [0.2, 0.25) is 0 Å². The SMILES string of the molecule is CC(C)CN(C)c1ccc(C(=O)NCC(N2CCNCC2)C(F)(F)F)cc1. The second-order valence-corrected chi connectivity index (χ2v) is 7.37. The van der Waals surface area contributed by atoms with Gasteiger partial charge >= 0.3 is 6.18 Å². The molecule has 1 aromatic carbocycles. The van der Waals surface area contributed by atoms with Crippen molar-refractivity contribution >= 4 is 11.6 Å². The molecule has 1 aromatic rings. The van der Waals surface area contributed by atoms with E-state index < -0.39 is 24.7 Å². The molecule has 0 spiro atoms. The van der Waals surface area contributed by atoms with E-state index >= 15 is 0 Å². The fraction of sp³-hybridized carbons (Fsp3) is 0.632. The van der Waals surface area contributed by atoms with E-state index in [9.17, 15) is 18.0 Å². The van der Waals surface area contributed by atoms with Crippen LogP contribution in [-0.2, 0) is 0 Å². The van der Waals surface area contributed by atoms with Gasteiger partial charge in [-0.15, -0.1) is 0 Å². The minimum atomic E-state index is -4.38. The normalized spacial score (nSPS) is 17.0. The summed E-state index contributed by atoms with van der Waals surface area (Å²) >= 11 is 0. The molecule has 2 N–H and O–H groups in total. The van der Waals surface area contributed by atoms with Crippen LogP contribution in [0, 0.1) is 5.92 Å². The number of rotatable bonds is 7. The van der Waals surface area contributed by atoms with Gasteiger partial charge in [0.1, 0.15) is 6.04 Å². The molecule has 5 nitrogen and oxygen atoms in total. The number of nitrogens with one attached hydrogen (secondary N) is 2. The van der Waals surface area contributed by atoms with Gasteiger partial charge in [0.2, 0.25) is 0 Å². The fourth-order valence-corrected chi connectivity index (χ4v) is 3.26. The highest BCUT2D eigenvalue weighted by Gasteiger charge is 2.43. The Hall–Kier alpha value is -1.80. The van der Waals surface area contributed by atoms with Gasteiger partial charge in [0.05, 0.1) is 0 Å². The molecule has 0 bridgehead atoms. The summed E-state index contributed by atoms with van der Waals surface area (Å²) in [7, 11) is 1.97. The van der Waals surface area contributed by atoms with Gasteiger partial charge in [-0.1, -0.05) is 13.8 Å². The molecule has 0 aromatic heterocycles. The van der Waals surface area contributed by atoms with E-state index in [0.717, 1.165) is 12.2 Å². The number of hydrogen-bond acceptors (Lipinski definition) is 4. The number of benzene rings is 1. The molecule has 8 heteroatoms. The maximum absolute atomic E-state index is 13.4. The second kappa shape index (κ2) is 9.41. The van der Waals surface area contributed by atoms with E-state index in [1.807, 2.05) is 19.2 Å². The largest absolute Gasteiger partial charge is 0.405 e. The predicted octanol–water partition coefficient (Wildman–Crippen LogP) is 2.34. The lowest BCUT2D eigenvalue weighted by Crippen LogP contribution is -2.57. The van der Waals surface area contributed by atoms with Gasteiger partial charge < -0.3 is 15.5 Å². The van der Waals surface area contributed by atoms with Gasteiger partial charge in [0.15, 0.2) is 0 Å². The molecule has 1 saturated heterocycles. The topological polar surface area (TPSA) is 47.6 Å². The number of hydrogen-bond donors (Lipinski definition) is 2. The molecular weight excluding hydrogens is 357 g/mol. The average Bonchev–Trinajstić information content (AvgIpc) is 2.61. The van der Waals surface area contributed by atoms with E-state index in [1.165, 1.54) is 4.90 Å². The summed E-state index contributed by atoms with van der Waals surface area (Å²) in [5.74, 6) is 0.0136. The van der Waals surface area contributed by atoms with Crippen molar-refractivity contribution in [2.24, 2.45) is 5.92 Å². The molecule has 1 fully saturated rings. The van der Waals surface area contributed by atoms with Crippen LogP contribution in [0.1, 0.15) is 24.2 Å². The second-order valence-electron chi connectivity index (χ2n) is 7.37. The Kier molecular flexibility index (Phi) is 7.49. The quantitative estimate of drug-likeness (QED) is 0.755. The van der Waals surface area contributed by atoms with Gasteiger partial charge in [0, 0.05) is 57.6 Å². The van der Waals surface area contributed by atoms with Crippen LogP contribution in [-0.4, -0.2) is 69.3 Å². The van der Waals surface area contributed by atoms with Crippen molar-refractivity contribution in [3.63, 3.8) is 0 Å². The lowest BCUT2D eigenvalue weighted by molar-refractivity contribution is -0.183. The predicted molar refractivity (Wildman–Crippen MR) is 101 cm³/mol. The summed E-state index contributed by atoms with van der Waals surface area (Å²) in [4.78, 5) is 15.8. The first-order chi connectivity index (χ1) is 12.7. The van der Waals surface area contributed by atoms with Crippen molar-refractivity contribution in [2.45, 2.75) is 26.1 Å². The van der Waals surface area contributed by atoms with Gasteiger partial charge in [0.25, 0.3) is 5.91 Å². The Labute approximate surface area is 158 Å². The van der Waals surface area contributed by atoms with Crippen LogP contribution in [0.25, 0.3) is 0 Å². The molecule has 1 atom stereocenters. The minimum absolute atomic E-state index is 0.316. The zero-order chi connectivity index (χ0) is 20.0. The summed E-state index contributed by atoms with van der Waals surface area (Å²) < 4.78 is 40.2. The molecule has 1 heterocycles. The first-order valence-corrected chi connectivity index (χ1v) is 9.29. The van der Waals surface area contributed by atoms with Crippen molar-refractivity contribution in [2.75, 3.05) is 51.2 Å². The summed E-state index contributed by atoms with van der Waals surface area (Å²) in [5, 5.41) is 5.49. The Bertz CT molecular complexity index is 598. The Balaban J connectivity index is 1.96. The van der Waals surface area contributed by atoms with Crippen LogP contribution < -0.4 is 15.5 Å². The Morgan fingerprint density at radius 2 is 1.81 bits per heavy atom. The standard InChI is InChI=1S/C19H29F3N4O/c1-14(2)13-25(3)16-6-4-15(5-7-16)18(27)24-12-17(19(20,21)22)26-10-8-23-9-11-26/h4-7,14,17,23H,8-13H2,1-3H3,(H,24,27). The molecule has 27 heavy (non-hydrogen) atoms. The fourth-order valence-electron chi connectivity index (χ4n) is 3.26. The molecular formula is C19H29F3N4O. The zero-order valence-electron chi connectivity index (χ0n) is 16.1. The third kappa shape index (κ3) is 6.39. The van der Waals surface area contributed by atoms with Crippen molar-refractivity contribution in [3.05, 3.63) is 29.8 Å². The third-order valence-corrected chi connectivity index (χ3v) is 4.64. The lowest BCUT2D eigenvalue weighted by atomic mass is 10.1. The van der Waals surface area contributed by atoms with Crippen LogP contribution >= 0.6 is 0 Å². The van der Waals surface area contributed by atoms with E-state index in [4.69, 9.17) is 0 Å². The highest BCUT2D eigenvalue weighted by molar-refractivity contribution is 5.94. The van der Waals surface area contributed by atoms with Crippen molar-refractivity contribution in [1.82, 2.24) is 15.5 Å². The number of piperazine rings is 1. The van der Waals surface area contributed by atoms with E-state index in [-0.39, 0.29) is 0 Å². The van der Waals surface area contributed by atoms with Gasteiger partial charge in [-0.05, 0) is 30.2 Å². The maximum atomic E-state index is 13.4. The summed E-state index contributed by atoms with van der Waals surface area (Å²) in [6.45, 7) is 6.34. The molecule has 0 radical (unpaired) electrons. The van der Waals surface area contributed by atoms with Gasteiger partial charge in [-0.25, -0.2) is 0 Å². The number of nitrogens with zero attached hydrogens (tertiary/aromatic N) is 2. The maximum Gasteiger partial charge on any atom is 0.405 e. The molecule has 152 valence electrons. The van der Waals surface area contributed by atoms with Crippen LogP contribution in [0.3, 0.4) is 0 Å². The first kappa shape index (κ1) is 21.5. The monoisotopic (exact) mass is 386 g/mol. The molecule has 1 amide bonds. The van der Waals surface area contributed by atoms with Crippen molar-refractivity contribution in [3.8, 4) is 0 Å². The molecule has 1 aliphatic heterocycles. The van der Waals surface area contributed by atoms with E-state index in [0.29, 0.717) is 37.7 Å². The van der Waals surface area contributed by atoms with Crippen LogP contribution in [0.15, 0.2) is 24.3 Å². The highest BCUT2D eigenvalue weighted by Crippen LogP contribution is 2.25. The number of halogens is 3. The summed E-state index contributed by atoms with van der Waals surface area (Å²) in [6, 6.07) is 5.26. The smallest absolute Gasteiger partial charge is 0.374 e. The number of alkyl halides is 3. The van der Waals surface area contributed by atoms with Crippen LogP contribution in [0.5, 0.6) is 0 Å². The van der Waals surface area contributed by atoms with Gasteiger partial charge in [-0.2, -0.15) is 13.2 Å². The number of carbonyl (C=O) groups excluding carboxylic acids is 1. The summed E-state index contributed by atoms with van der Waals surface area (Å²) in [6.07, 6.45) is -4.38. The lowest BCUT2D eigenvalue weighted by Gasteiger charge is -2.35. The molecule has 1 unspecified atom stereocenters. The first-order valence-electron chi connectivity index (χ1n) is 9.29. The van der Waals surface area contributed by atoms with Crippen LogP contribution in [0.4, 0.5) is 18.9 Å². The van der Waals surface area contributed by atoms with E-state index in [2.05, 4.69) is 29.4 Å². The minimum Gasteiger partial charge on any atom is -0.374 e.